The standard InChI is InChI=1S/C21H26N2O2S/c1-25-20-6-4-17(5-7-20)3-2-11-23-12-8-18(9-13-23)15-22-21(24)19-10-14-26-16-19/h2-7,10,14,16,18H,8-9,11-13,15H2,1H3,(H,22,24)/b3-2+. The van der Waals surface area contributed by atoms with E-state index in [-0.39, 0.29) is 5.91 Å². The number of thiophene rings is 1. The quantitative estimate of drug-likeness (QED) is 0.803. The number of ether oxygens (including phenoxy) is 1. The van der Waals surface area contributed by atoms with E-state index in [0.717, 1.165) is 50.3 Å². The lowest BCUT2D eigenvalue weighted by Crippen LogP contribution is -2.38. The molecule has 0 aliphatic carbocycles. The molecule has 0 saturated carbocycles. The van der Waals surface area contributed by atoms with Crippen molar-refractivity contribution in [1.82, 2.24) is 10.2 Å². The molecule has 2 heterocycles. The molecule has 1 saturated heterocycles. The molecule has 0 atom stereocenters. The zero-order valence-electron chi connectivity index (χ0n) is 15.2. The molecule has 1 aliphatic rings. The van der Waals surface area contributed by atoms with Gasteiger partial charge in [0.2, 0.25) is 0 Å². The Bertz CT molecular complexity index is 702. The van der Waals surface area contributed by atoms with Crippen molar-refractivity contribution in [2.24, 2.45) is 5.92 Å². The average molecular weight is 371 g/mol. The summed E-state index contributed by atoms with van der Waals surface area (Å²) in [6, 6.07) is 9.97. The van der Waals surface area contributed by atoms with Crippen LogP contribution in [-0.4, -0.2) is 44.1 Å². The largest absolute Gasteiger partial charge is 0.497 e. The summed E-state index contributed by atoms with van der Waals surface area (Å²) in [4.78, 5) is 14.5. The highest BCUT2D eigenvalue weighted by Crippen LogP contribution is 2.17. The molecule has 2 aromatic rings. The van der Waals surface area contributed by atoms with Gasteiger partial charge in [-0.3, -0.25) is 9.69 Å². The maximum atomic E-state index is 12.0. The van der Waals surface area contributed by atoms with Crippen LogP contribution in [0.3, 0.4) is 0 Å². The second kappa shape index (κ2) is 9.55. The Morgan fingerprint density at radius 1 is 1.27 bits per heavy atom. The van der Waals surface area contributed by atoms with E-state index in [1.165, 1.54) is 5.56 Å². The van der Waals surface area contributed by atoms with Crippen LogP contribution in [-0.2, 0) is 0 Å². The van der Waals surface area contributed by atoms with Crippen LogP contribution in [0.1, 0.15) is 28.8 Å². The first-order valence-corrected chi connectivity index (χ1v) is 10.0. The third kappa shape index (κ3) is 5.44. The summed E-state index contributed by atoms with van der Waals surface area (Å²) in [5.74, 6) is 1.52. The number of methoxy groups -OCH3 is 1. The number of piperidine rings is 1. The van der Waals surface area contributed by atoms with Gasteiger partial charge in [-0.1, -0.05) is 24.3 Å². The van der Waals surface area contributed by atoms with E-state index in [1.807, 2.05) is 29.0 Å². The first-order valence-electron chi connectivity index (χ1n) is 9.08. The van der Waals surface area contributed by atoms with Crippen LogP contribution < -0.4 is 10.1 Å². The van der Waals surface area contributed by atoms with Crippen LogP contribution in [0.25, 0.3) is 6.08 Å². The molecular weight excluding hydrogens is 344 g/mol. The van der Waals surface area contributed by atoms with Gasteiger partial charge < -0.3 is 10.1 Å². The number of amides is 1. The summed E-state index contributed by atoms with van der Waals surface area (Å²) in [6.07, 6.45) is 6.66. The summed E-state index contributed by atoms with van der Waals surface area (Å²) in [5.41, 5.74) is 1.97. The number of rotatable bonds is 7. The number of nitrogens with one attached hydrogen (secondary N) is 1. The van der Waals surface area contributed by atoms with Crippen molar-refractivity contribution in [2.45, 2.75) is 12.8 Å². The minimum Gasteiger partial charge on any atom is -0.497 e. The Balaban J connectivity index is 1.35. The number of carbonyl (C=O) groups excluding carboxylic acids is 1. The van der Waals surface area contributed by atoms with E-state index < -0.39 is 0 Å². The molecule has 1 aromatic carbocycles. The van der Waals surface area contributed by atoms with Crippen LogP contribution in [0.4, 0.5) is 0 Å². The molecule has 26 heavy (non-hydrogen) atoms. The Morgan fingerprint density at radius 3 is 2.69 bits per heavy atom. The van der Waals surface area contributed by atoms with Crippen LogP contribution in [0.15, 0.2) is 47.2 Å². The van der Waals surface area contributed by atoms with Crippen LogP contribution >= 0.6 is 11.3 Å². The normalized spacial score (nSPS) is 16.0. The fraction of sp³-hybridized carbons (Fsp3) is 0.381. The van der Waals surface area contributed by atoms with Crippen molar-refractivity contribution in [3.05, 3.63) is 58.3 Å². The average Bonchev–Trinajstić information content (AvgIpc) is 3.22. The Hall–Kier alpha value is -2.11. The number of hydrogen-bond acceptors (Lipinski definition) is 4. The zero-order valence-corrected chi connectivity index (χ0v) is 16.0. The fourth-order valence-electron chi connectivity index (χ4n) is 3.16. The Morgan fingerprint density at radius 2 is 2.04 bits per heavy atom. The summed E-state index contributed by atoms with van der Waals surface area (Å²) < 4.78 is 5.18. The van der Waals surface area contributed by atoms with Gasteiger partial charge in [-0.15, -0.1) is 0 Å². The zero-order chi connectivity index (χ0) is 18.2. The van der Waals surface area contributed by atoms with Crippen LogP contribution in [0.2, 0.25) is 0 Å². The molecule has 0 spiro atoms. The molecule has 1 fully saturated rings. The SMILES string of the molecule is COc1ccc(/C=C/CN2CCC(CNC(=O)c3ccsc3)CC2)cc1. The molecule has 4 nitrogen and oxygen atoms in total. The molecular formula is C21H26N2O2S. The van der Waals surface area contributed by atoms with E-state index in [0.29, 0.717) is 5.92 Å². The van der Waals surface area contributed by atoms with Crippen molar-refractivity contribution < 1.29 is 9.53 Å². The van der Waals surface area contributed by atoms with Gasteiger partial charge >= 0.3 is 0 Å². The predicted molar refractivity (Wildman–Crippen MR) is 108 cm³/mol. The van der Waals surface area contributed by atoms with Gasteiger partial charge in [0.05, 0.1) is 7.11 Å². The number of hydrogen-bond donors (Lipinski definition) is 1. The Labute approximate surface area is 159 Å². The van der Waals surface area contributed by atoms with Crippen LogP contribution in [0.5, 0.6) is 5.75 Å². The molecule has 0 unspecified atom stereocenters. The second-order valence-electron chi connectivity index (χ2n) is 6.64. The number of carbonyl (C=O) groups is 1. The van der Waals surface area contributed by atoms with Crippen molar-refractivity contribution >= 4 is 23.3 Å². The maximum absolute atomic E-state index is 12.0. The van der Waals surface area contributed by atoms with Gasteiger partial charge in [0, 0.05) is 24.0 Å². The van der Waals surface area contributed by atoms with Crippen molar-refractivity contribution in [2.75, 3.05) is 33.3 Å². The molecule has 0 radical (unpaired) electrons. The number of nitrogens with zero attached hydrogens (tertiary/aromatic N) is 1. The first-order chi connectivity index (χ1) is 12.7. The van der Waals surface area contributed by atoms with Gasteiger partial charge in [-0.05, 0) is 61.0 Å². The van der Waals surface area contributed by atoms with Gasteiger partial charge in [-0.2, -0.15) is 11.3 Å². The minimum absolute atomic E-state index is 0.0519. The van der Waals surface area contributed by atoms with E-state index >= 15 is 0 Å². The lowest BCUT2D eigenvalue weighted by Gasteiger charge is -2.31. The topological polar surface area (TPSA) is 41.6 Å². The molecule has 1 amide bonds. The highest BCUT2D eigenvalue weighted by molar-refractivity contribution is 7.08. The molecule has 1 N–H and O–H groups in total. The Kier molecular flexibility index (Phi) is 6.86. The van der Waals surface area contributed by atoms with E-state index in [4.69, 9.17) is 4.74 Å². The highest BCUT2D eigenvalue weighted by atomic mass is 32.1. The van der Waals surface area contributed by atoms with Crippen molar-refractivity contribution in [3.63, 3.8) is 0 Å². The molecule has 1 aromatic heterocycles. The van der Waals surface area contributed by atoms with Crippen molar-refractivity contribution in [3.8, 4) is 5.75 Å². The van der Waals surface area contributed by atoms with Gasteiger partial charge in [-0.25, -0.2) is 0 Å². The molecule has 1 aliphatic heterocycles. The monoisotopic (exact) mass is 370 g/mol. The summed E-state index contributed by atoms with van der Waals surface area (Å²) >= 11 is 1.56. The van der Waals surface area contributed by atoms with E-state index in [1.54, 1.807) is 18.4 Å². The lowest BCUT2D eigenvalue weighted by atomic mass is 9.96. The summed E-state index contributed by atoms with van der Waals surface area (Å²) in [7, 11) is 1.68. The number of benzene rings is 1. The number of likely N-dealkylation sites (tertiary alicyclic amines) is 1. The third-order valence-corrected chi connectivity index (χ3v) is 5.51. The summed E-state index contributed by atoms with van der Waals surface area (Å²) in [6.45, 7) is 3.93. The smallest absolute Gasteiger partial charge is 0.252 e. The van der Waals surface area contributed by atoms with Gasteiger partial charge in [0.15, 0.2) is 0 Å². The minimum atomic E-state index is 0.0519. The lowest BCUT2D eigenvalue weighted by molar-refractivity contribution is 0.0938. The predicted octanol–water partition coefficient (Wildman–Crippen LogP) is 3.91. The fourth-order valence-corrected chi connectivity index (χ4v) is 3.79. The molecule has 0 bridgehead atoms. The van der Waals surface area contributed by atoms with E-state index in [9.17, 15) is 4.79 Å². The van der Waals surface area contributed by atoms with Crippen molar-refractivity contribution in [1.29, 1.82) is 0 Å². The molecule has 5 heteroatoms. The van der Waals surface area contributed by atoms with Crippen LogP contribution in [0, 0.1) is 5.92 Å². The third-order valence-electron chi connectivity index (χ3n) is 4.83. The van der Waals surface area contributed by atoms with E-state index in [2.05, 4.69) is 34.5 Å². The molecule has 3 rings (SSSR count). The van der Waals surface area contributed by atoms with Gasteiger partial charge in [0.1, 0.15) is 5.75 Å². The van der Waals surface area contributed by atoms with Gasteiger partial charge in [0.25, 0.3) is 5.91 Å². The highest BCUT2D eigenvalue weighted by Gasteiger charge is 2.19. The molecule has 138 valence electrons. The second-order valence-corrected chi connectivity index (χ2v) is 7.42. The first kappa shape index (κ1) is 18.7. The summed E-state index contributed by atoms with van der Waals surface area (Å²) in [5, 5.41) is 6.90. The maximum Gasteiger partial charge on any atom is 0.252 e.